The van der Waals surface area contributed by atoms with Crippen LogP contribution in [0.5, 0.6) is 5.75 Å². The van der Waals surface area contributed by atoms with Crippen molar-refractivity contribution in [2.45, 2.75) is 53.1 Å². The maximum absolute atomic E-state index is 9.74. The molecule has 0 saturated carbocycles. The van der Waals surface area contributed by atoms with Crippen LogP contribution in [0.2, 0.25) is 0 Å². The van der Waals surface area contributed by atoms with Gasteiger partial charge in [-0.2, -0.15) is 0 Å². The highest BCUT2D eigenvalue weighted by molar-refractivity contribution is 5.42. The smallest absolute Gasteiger partial charge is 0.121 e. The molecule has 0 aliphatic rings. The first-order chi connectivity index (χ1) is 7.95. The Morgan fingerprint density at radius 1 is 1.24 bits per heavy atom. The van der Waals surface area contributed by atoms with Crippen LogP contribution in [0.15, 0.2) is 12.1 Å². The van der Waals surface area contributed by atoms with E-state index in [0.29, 0.717) is 11.8 Å². The van der Waals surface area contributed by atoms with Gasteiger partial charge in [-0.1, -0.05) is 25.5 Å². The molecule has 1 rings (SSSR count). The van der Waals surface area contributed by atoms with Gasteiger partial charge in [0.25, 0.3) is 0 Å². The Morgan fingerprint density at radius 2 is 1.76 bits per heavy atom. The molecule has 17 heavy (non-hydrogen) atoms. The van der Waals surface area contributed by atoms with Gasteiger partial charge < -0.3 is 5.11 Å². The third-order valence-corrected chi connectivity index (χ3v) is 3.44. The van der Waals surface area contributed by atoms with Gasteiger partial charge in [0.05, 0.1) is 0 Å². The summed E-state index contributed by atoms with van der Waals surface area (Å²) in [5.41, 5.74) is 3.22. The summed E-state index contributed by atoms with van der Waals surface area (Å²) in [5, 5.41) is 9.74. The van der Waals surface area contributed by atoms with Crippen molar-refractivity contribution in [1.82, 2.24) is 4.90 Å². The number of rotatable bonds is 5. The van der Waals surface area contributed by atoms with Gasteiger partial charge in [0.2, 0.25) is 0 Å². The van der Waals surface area contributed by atoms with Gasteiger partial charge >= 0.3 is 0 Å². The Hall–Kier alpha value is -1.02. The lowest BCUT2D eigenvalue weighted by Crippen LogP contribution is -2.28. The van der Waals surface area contributed by atoms with E-state index in [1.54, 1.807) is 0 Å². The molecule has 2 nitrogen and oxygen atoms in total. The Bertz CT molecular complexity index is 350. The molecule has 1 aromatic carbocycles. The molecular weight excluding hydrogens is 210 g/mol. The standard InChI is InChI=1S/C15H25NO/c1-6-7-13(4)16(5)10-14-8-11(2)15(17)12(3)9-14/h8-9,13,17H,6-7,10H2,1-5H3. The molecule has 0 bridgehead atoms. The van der Waals surface area contributed by atoms with Gasteiger partial charge in [-0.05, 0) is 50.9 Å². The first-order valence-electron chi connectivity index (χ1n) is 6.45. The van der Waals surface area contributed by atoms with E-state index in [9.17, 15) is 5.11 Å². The molecule has 0 heterocycles. The predicted octanol–water partition coefficient (Wildman–Crippen LogP) is 3.63. The zero-order valence-corrected chi connectivity index (χ0v) is 11.7. The maximum atomic E-state index is 9.74. The molecule has 1 atom stereocenters. The van der Waals surface area contributed by atoms with Crippen molar-refractivity contribution in [2.24, 2.45) is 0 Å². The summed E-state index contributed by atoms with van der Waals surface area (Å²) in [6.07, 6.45) is 2.45. The maximum Gasteiger partial charge on any atom is 0.121 e. The third-order valence-electron chi connectivity index (χ3n) is 3.44. The molecule has 96 valence electrons. The zero-order chi connectivity index (χ0) is 13.0. The number of aryl methyl sites for hydroxylation is 2. The van der Waals surface area contributed by atoms with E-state index in [4.69, 9.17) is 0 Å². The molecular formula is C15H25NO. The fraction of sp³-hybridized carbons (Fsp3) is 0.600. The quantitative estimate of drug-likeness (QED) is 0.842. The fourth-order valence-corrected chi connectivity index (χ4v) is 2.22. The van der Waals surface area contributed by atoms with E-state index in [1.807, 2.05) is 13.8 Å². The highest BCUT2D eigenvalue weighted by Crippen LogP contribution is 2.23. The lowest BCUT2D eigenvalue weighted by molar-refractivity contribution is 0.236. The van der Waals surface area contributed by atoms with Crippen molar-refractivity contribution in [3.8, 4) is 5.75 Å². The Balaban J connectivity index is 2.75. The summed E-state index contributed by atoms with van der Waals surface area (Å²) < 4.78 is 0. The van der Waals surface area contributed by atoms with E-state index in [2.05, 4.69) is 37.9 Å². The van der Waals surface area contributed by atoms with Gasteiger partial charge in [0.15, 0.2) is 0 Å². The molecule has 1 N–H and O–H groups in total. The van der Waals surface area contributed by atoms with Crippen LogP contribution in [0.25, 0.3) is 0 Å². The summed E-state index contributed by atoms with van der Waals surface area (Å²) >= 11 is 0. The topological polar surface area (TPSA) is 23.5 Å². The van der Waals surface area contributed by atoms with E-state index in [0.717, 1.165) is 17.7 Å². The van der Waals surface area contributed by atoms with Crippen LogP contribution in [-0.2, 0) is 6.54 Å². The summed E-state index contributed by atoms with van der Waals surface area (Å²) in [5.74, 6) is 0.429. The number of nitrogens with zero attached hydrogens (tertiary/aromatic N) is 1. The highest BCUT2D eigenvalue weighted by Gasteiger charge is 2.10. The predicted molar refractivity (Wildman–Crippen MR) is 73.4 cm³/mol. The SMILES string of the molecule is CCCC(C)N(C)Cc1cc(C)c(O)c(C)c1. The average molecular weight is 235 g/mol. The molecule has 0 radical (unpaired) electrons. The zero-order valence-electron chi connectivity index (χ0n) is 11.7. The summed E-state index contributed by atoms with van der Waals surface area (Å²) in [6, 6.07) is 4.77. The number of benzene rings is 1. The second-order valence-electron chi connectivity index (χ2n) is 5.13. The van der Waals surface area contributed by atoms with Crippen molar-refractivity contribution in [1.29, 1.82) is 0 Å². The number of hydrogen-bond donors (Lipinski definition) is 1. The number of aromatic hydroxyl groups is 1. The van der Waals surface area contributed by atoms with Gasteiger partial charge in [-0.3, -0.25) is 4.90 Å². The fourth-order valence-electron chi connectivity index (χ4n) is 2.22. The summed E-state index contributed by atoms with van der Waals surface area (Å²) in [4.78, 5) is 2.37. The second-order valence-corrected chi connectivity index (χ2v) is 5.13. The molecule has 0 amide bonds. The average Bonchev–Trinajstić information content (AvgIpc) is 2.26. The minimum Gasteiger partial charge on any atom is -0.507 e. The van der Waals surface area contributed by atoms with Crippen molar-refractivity contribution in [2.75, 3.05) is 7.05 Å². The van der Waals surface area contributed by atoms with Crippen molar-refractivity contribution < 1.29 is 5.11 Å². The van der Waals surface area contributed by atoms with Crippen molar-refractivity contribution in [3.63, 3.8) is 0 Å². The lowest BCUT2D eigenvalue weighted by Gasteiger charge is -2.24. The van der Waals surface area contributed by atoms with Crippen LogP contribution in [0, 0.1) is 13.8 Å². The van der Waals surface area contributed by atoms with Crippen LogP contribution in [-0.4, -0.2) is 23.1 Å². The van der Waals surface area contributed by atoms with E-state index in [1.165, 1.54) is 18.4 Å². The molecule has 0 aliphatic carbocycles. The Kier molecular flexibility index (Phi) is 5.01. The monoisotopic (exact) mass is 235 g/mol. The molecule has 0 aromatic heterocycles. The van der Waals surface area contributed by atoms with Crippen LogP contribution in [0.1, 0.15) is 43.4 Å². The normalized spacial score (nSPS) is 13.1. The van der Waals surface area contributed by atoms with E-state index in [-0.39, 0.29) is 0 Å². The molecule has 0 saturated heterocycles. The number of phenolic OH excluding ortho intramolecular Hbond substituents is 1. The first-order valence-corrected chi connectivity index (χ1v) is 6.45. The lowest BCUT2D eigenvalue weighted by atomic mass is 10.0. The van der Waals surface area contributed by atoms with Crippen molar-refractivity contribution in [3.05, 3.63) is 28.8 Å². The van der Waals surface area contributed by atoms with Crippen LogP contribution in [0.3, 0.4) is 0 Å². The van der Waals surface area contributed by atoms with Crippen LogP contribution >= 0.6 is 0 Å². The third kappa shape index (κ3) is 3.74. The van der Waals surface area contributed by atoms with Gasteiger partial charge in [0, 0.05) is 12.6 Å². The van der Waals surface area contributed by atoms with E-state index < -0.39 is 0 Å². The molecule has 1 unspecified atom stereocenters. The molecule has 1 aromatic rings. The number of hydrogen-bond acceptors (Lipinski definition) is 2. The molecule has 2 heteroatoms. The van der Waals surface area contributed by atoms with Crippen molar-refractivity contribution >= 4 is 0 Å². The minimum atomic E-state index is 0.429. The summed E-state index contributed by atoms with van der Waals surface area (Å²) in [7, 11) is 2.16. The Labute approximate surface area is 105 Å². The summed E-state index contributed by atoms with van der Waals surface area (Å²) in [6.45, 7) is 9.36. The van der Waals surface area contributed by atoms with Gasteiger partial charge in [0.1, 0.15) is 5.75 Å². The first kappa shape index (κ1) is 14.0. The number of phenols is 1. The molecule has 0 aliphatic heterocycles. The largest absolute Gasteiger partial charge is 0.507 e. The van der Waals surface area contributed by atoms with Gasteiger partial charge in [-0.25, -0.2) is 0 Å². The second kappa shape index (κ2) is 6.06. The Morgan fingerprint density at radius 3 is 2.24 bits per heavy atom. The van der Waals surface area contributed by atoms with Gasteiger partial charge in [-0.15, -0.1) is 0 Å². The van der Waals surface area contributed by atoms with E-state index >= 15 is 0 Å². The van der Waals surface area contributed by atoms with Crippen LogP contribution < -0.4 is 0 Å². The van der Waals surface area contributed by atoms with Crippen LogP contribution in [0.4, 0.5) is 0 Å². The minimum absolute atomic E-state index is 0.429. The highest BCUT2D eigenvalue weighted by atomic mass is 16.3. The molecule has 0 spiro atoms. The molecule has 0 fully saturated rings.